The lowest BCUT2D eigenvalue weighted by Gasteiger charge is -2.04. The molecule has 2 heteroatoms. The molecular formula is C13H18ClN. The van der Waals surface area contributed by atoms with E-state index < -0.39 is 0 Å². The molecule has 1 nitrogen and oxygen atoms in total. The molecule has 0 bridgehead atoms. The molecule has 1 aromatic rings. The predicted octanol–water partition coefficient (Wildman–Crippen LogP) is 3.41. The van der Waals surface area contributed by atoms with Gasteiger partial charge in [0.15, 0.2) is 0 Å². The molecule has 0 saturated heterocycles. The Balaban J connectivity index is 1.62. The van der Waals surface area contributed by atoms with Crippen LogP contribution in [-0.4, -0.2) is 12.6 Å². The largest absolute Gasteiger partial charge is 0.314 e. The molecule has 1 fully saturated rings. The quantitative estimate of drug-likeness (QED) is 0.729. The SMILES string of the molecule is Clc1ccccc1CCCCNC1CC1. The predicted molar refractivity (Wildman–Crippen MR) is 65.4 cm³/mol. The maximum absolute atomic E-state index is 6.08. The van der Waals surface area contributed by atoms with E-state index in [2.05, 4.69) is 17.4 Å². The molecular weight excluding hydrogens is 206 g/mol. The highest BCUT2D eigenvalue weighted by molar-refractivity contribution is 6.31. The van der Waals surface area contributed by atoms with Gasteiger partial charge < -0.3 is 5.32 Å². The number of nitrogens with one attached hydrogen (secondary N) is 1. The molecule has 0 heterocycles. The number of unbranched alkanes of at least 4 members (excludes halogenated alkanes) is 1. The molecule has 0 atom stereocenters. The Bertz CT molecular complexity index is 307. The maximum Gasteiger partial charge on any atom is 0.0437 e. The van der Waals surface area contributed by atoms with Crippen LogP contribution in [0.2, 0.25) is 5.02 Å². The molecule has 0 aliphatic heterocycles. The molecule has 0 amide bonds. The van der Waals surface area contributed by atoms with Crippen molar-refractivity contribution in [3.63, 3.8) is 0 Å². The molecule has 0 unspecified atom stereocenters. The van der Waals surface area contributed by atoms with Gasteiger partial charge in [-0.05, 0) is 50.3 Å². The molecule has 1 aliphatic carbocycles. The lowest BCUT2D eigenvalue weighted by Crippen LogP contribution is -2.17. The van der Waals surface area contributed by atoms with Crippen LogP contribution in [0.4, 0.5) is 0 Å². The zero-order valence-electron chi connectivity index (χ0n) is 9.01. The number of halogens is 1. The molecule has 1 saturated carbocycles. The van der Waals surface area contributed by atoms with E-state index in [1.165, 1.54) is 31.2 Å². The summed E-state index contributed by atoms with van der Waals surface area (Å²) in [7, 11) is 0. The summed E-state index contributed by atoms with van der Waals surface area (Å²) in [5.41, 5.74) is 1.28. The average Bonchev–Trinajstić information content (AvgIpc) is 3.04. The fraction of sp³-hybridized carbons (Fsp3) is 0.538. The molecule has 2 rings (SSSR count). The van der Waals surface area contributed by atoms with E-state index in [0.717, 1.165) is 24.0 Å². The third kappa shape index (κ3) is 3.84. The zero-order valence-corrected chi connectivity index (χ0v) is 9.76. The first-order valence-corrected chi connectivity index (χ1v) is 6.21. The van der Waals surface area contributed by atoms with E-state index in [-0.39, 0.29) is 0 Å². The number of benzene rings is 1. The summed E-state index contributed by atoms with van der Waals surface area (Å²) in [5.74, 6) is 0. The molecule has 15 heavy (non-hydrogen) atoms. The van der Waals surface area contributed by atoms with Crippen molar-refractivity contribution < 1.29 is 0 Å². The van der Waals surface area contributed by atoms with E-state index in [0.29, 0.717) is 0 Å². The fourth-order valence-electron chi connectivity index (χ4n) is 1.74. The van der Waals surface area contributed by atoms with Gasteiger partial charge in [0.05, 0.1) is 0 Å². The first-order chi connectivity index (χ1) is 7.36. The Kier molecular flexibility index (Phi) is 4.04. The minimum atomic E-state index is 0.838. The Morgan fingerprint density at radius 3 is 2.73 bits per heavy atom. The smallest absolute Gasteiger partial charge is 0.0437 e. The van der Waals surface area contributed by atoms with Crippen molar-refractivity contribution in [2.75, 3.05) is 6.54 Å². The van der Waals surface area contributed by atoms with Crippen molar-refractivity contribution in [3.8, 4) is 0 Å². The molecule has 0 radical (unpaired) electrons. The summed E-state index contributed by atoms with van der Waals surface area (Å²) in [6.07, 6.45) is 6.34. The van der Waals surface area contributed by atoms with Crippen molar-refractivity contribution in [2.45, 2.75) is 38.1 Å². The highest BCUT2D eigenvalue weighted by atomic mass is 35.5. The Hall–Kier alpha value is -0.530. The Morgan fingerprint density at radius 1 is 1.20 bits per heavy atom. The van der Waals surface area contributed by atoms with Crippen LogP contribution in [0.1, 0.15) is 31.2 Å². The average molecular weight is 224 g/mol. The van der Waals surface area contributed by atoms with Gasteiger partial charge in [0.25, 0.3) is 0 Å². The summed E-state index contributed by atoms with van der Waals surface area (Å²) in [6, 6.07) is 8.98. The van der Waals surface area contributed by atoms with Gasteiger partial charge in [0.1, 0.15) is 0 Å². The molecule has 0 aromatic heterocycles. The van der Waals surface area contributed by atoms with Gasteiger partial charge in [-0.2, -0.15) is 0 Å². The number of hydrogen-bond donors (Lipinski definition) is 1. The third-order valence-electron chi connectivity index (χ3n) is 2.84. The summed E-state index contributed by atoms with van der Waals surface area (Å²) < 4.78 is 0. The minimum absolute atomic E-state index is 0.838. The van der Waals surface area contributed by atoms with Gasteiger partial charge in [0.2, 0.25) is 0 Å². The number of rotatable bonds is 6. The number of hydrogen-bond acceptors (Lipinski definition) is 1. The first kappa shape index (κ1) is 11.0. The maximum atomic E-state index is 6.08. The van der Waals surface area contributed by atoms with Crippen molar-refractivity contribution in [1.29, 1.82) is 0 Å². The van der Waals surface area contributed by atoms with Crippen molar-refractivity contribution in [1.82, 2.24) is 5.32 Å². The van der Waals surface area contributed by atoms with E-state index >= 15 is 0 Å². The fourth-order valence-corrected chi connectivity index (χ4v) is 1.97. The topological polar surface area (TPSA) is 12.0 Å². The monoisotopic (exact) mass is 223 g/mol. The van der Waals surface area contributed by atoms with Crippen LogP contribution in [-0.2, 0) is 6.42 Å². The molecule has 0 spiro atoms. The van der Waals surface area contributed by atoms with Gasteiger partial charge in [-0.15, -0.1) is 0 Å². The van der Waals surface area contributed by atoms with Gasteiger partial charge in [-0.25, -0.2) is 0 Å². The second-order valence-corrected chi connectivity index (χ2v) is 4.68. The lowest BCUT2D eigenvalue weighted by atomic mass is 10.1. The highest BCUT2D eigenvalue weighted by Gasteiger charge is 2.19. The van der Waals surface area contributed by atoms with Crippen molar-refractivity contribution in [3.05, 3.63) is 34.9 Å². The minimum Gasteiger partial charge on any atom is -0.314 e. The number of aryl methyl sites for hydroxylation is 1. The van der Waals surface area contributed by atoms with E-state index in [1.807, 2.05) is 12.1 Å². The normalized spacial score (nSPS) is 15.5. The molecule has 1 aromatic carbocycles. The van der Waals surface area contributed by atoms with Crippen LogP contribution in [0.3, 0.4) is 0 Å². The van der Waals surface area contributed by atoms with Gasteiger partial charge >= 0.3 is 0 Å². The Morgan fingerprint density at radius 2 is 2.00 bits per heavy atom. The Labute approximate surface area is 96.8 Å². The molecule has 1 aliphatic rings. The van der Waals surface area contributed by atoms with Crippen molar-refractivity contribution in [2.24, 2.45) is 0 Å². The highest BCUT2D eigenvalue weighted by Crippen LogP contribution is 2.19. The van der Waals surface area contributed by atoms with Gasteiger partial charge in [-0.1, -0.05) is 29.8 Å². The van der Waals surface area contributed by atoms with E-state index in [4.69, 9.17) is 11.6 Å². The van der Waals surface area contributed by atoms with E-state index in [1.54, 1.807) is 0 Å². The summed E-state index contributed by atoms with van der Waals surface area (Å²) >= 11 is 6.08. The summed E-state index contributed by atoms with van der Waals surface area (Å²) in [5, 5.41) is 4.43. The van der Waals surface area contributed by atoms with Gasteiger partial charge in [-0.3, -0.25) is 0 Å². The second-order valence-electron chi connectivity index (χ2n) is 4.28. The van der Waals surface area contributed by atoms with Crippen LogP contribution in [0, 0.1) is 0 Å². The first-order valence-electron chi connectivity index (χ1n) is 5.83. The standard InChI is InChI=1S/C13H18ClN/c14-13-7-2-1-5-11(13)6-3-4-10-15-12-8-9-12/h1-2,5,7,12,15H,3-4,6,8-10H2. The zero-order chi connectivity index (χ0) is 10.5. The van der Waals surface area contributed by atoms with Crippen LogP contribution >= 0.6 is 11.6 Å². The second kappa shape index (κ2) is 5.53. The third-order valence-corrected chi connectivity index (χ3v) is 3.21. The van der Waals surface area contributed by atoms with Crippen LogP contribution < -0.4 is 5.32 Å². The summed E-state index contributed by atoms with van der Waals surface area (Å²) in [6.45, 7) is 1.16. The van der Waals surface area contributed by atoms with E-state index in [9.17, 15) is 0 Å². The molecule has 82 valence electrons. The van der Waals surface area contributed by atoms with Gasteiger partial charge in [0, 0.05) is 11.1 Å². The van der Waals surface area contributed by atoms with Crippen LogP contribution in [0.15, 0.2) is 24.3 Å². The van der Waals surface area contributed by atoms with Crippen molar-refractivity contribution >= 4 is 11.6 Å². The lowest BCUT2D eigenvalue weighted by molar-refractivity contribution is 0.620. The van der Waals surface area contributed by atoms with Crippen LogP contribution in [0.5, 0.6) is 0 Å². The van der Waals surface area contributed by atoms with Crippen LogP contribution in [0.25, 0.3) is 0 Å². The summed E-state index contributed by atoms with van der Waals surface area (Å²) in [4.78, 5) is 0. The molecule has 1 N–H and O–H groups in total.